The largest absolute Gasteiger partial charge is 0.387 e. The van der Waals surface area contributed by atoms with Crippen molar-refractivity contribution in [3.05, 3.63) is 34.9 Å². The van der Waals surface area contributed by atoms with Gasteiger partial charge in [-0.1, -0.05) is 29.8 Å². The van der Waals surface area contributed by atoms with Gasteiger partial charge in [-0.2, -0.15) is 0 Å². The lowest BCUT2D eigenvalue weighted by atomic mass is 10.1. The quantitative estimate of drug-likeness (QED) is 0.871. The van der Waals surface area contributed by atoms with Crippen LogP contribution in [0.3, 0.4) is 0 Å². The van der Waals surface area contributed by atoms with Gasteiger partial charge >= 0.3 is 0 Å². The highest BCUT2D eigenvalue weighted by Gasteiger charge is 2.31. The number of ether oxygens (including phenoxy) is 1. The van der Waals surface area contributed by atoms with E-state index < -0.39 is 6.10 Å². The Bertz CT molecular complexity index is 471. The molecule has 2 aliphatic heterocycles. The third-order valence-electron chi connectivity index (χ3n) is 4.44. The van der Waals surface area contributed by atoms with Crippen molar-refractivity contribution >= 4 is 11.6 Å². The summed E-state index contributed by atoms with van der Waals surface area (Å²) in [6.45, 7) is 4.31. The fraction of sp³-hybridized carbons (Fsp3) is 0.625. The van der Waals surface area contributed by atoms with Crippen molar-refractivity contribution in [2.45, 2.75) is 31.1 Å². The van der Waals surface area contributed by atoms with Crippen molar-refractivity contribution in [1.82, 2.24) is 10.2 Å². The minimum Gasteiger partial charge on any atom is -0.387 e. The van der Waals surface area contributed by atoms with Crippen LogP contribution >= 0.6 is 11.6 Å². The van der Waals surface area contributed by atoms with Crippen molar-refractivity contribution < 1.29 is 9.84 Å². The van der Waals surface area contributed by atoms with E-state index in [1.807, 2.05) is 18.2 Å². The number of benzene rings is 1. The molecule has 1 aromatic rings. The molecule has 2 heterocycles. The minimum atomic E-state index is -0.582. The zero-order chi connectivity index (χ0) is 14.7. The van der Waals surface area contributed by atoms with Gasteiger partial charge in [-0.05, 0) is 25.5 Å². The Morgan fingerprint density at radius 3 is 3.14 bits per heavy atom. The van der Waals surface area contributed by atoms with Crippen LogP contribution in [0, 0.1) is 0 Å². The number of hydrogen-bond donors (Lipinski definition) is 2. The molecule has 2 fully saturated rings. The van der Waals surface area contributed by atoms with Crippen LogP contribution in [-0.2, 0) is 4.74 Å². The number of morpholine rings is 1. The fourth-order valence-electron chi connectivity index (χ4n) is 3.25. The van der Waals surface area contributed by atoms with E-state index in [1.54, 1.807) is 6.07 Å². The first-order chi connectivity index (χ1) is 10.2. The maximum atomic E-state index is 10.2. The summed E-state index contributed by atoms with van der Waals surface area (Å²) in [5.41, 5.74) is 0.774. The van der Waals surface area contributed by atoms with Crippen LogP contribution in [0.5, 0.6) is 0 Å². The van der Waals surface area contributed by atoms with E-state index in [0.717, 1.165) is 25.3 Å². The molecule has 116 valence electrons. The lowest BCUT2D eigenvalue weighted by molar-refractivity contribution is -0.0476. The Morgan fingerprint density at radius 2 is 2.29 bits per heavy atom. The van der Waals surface area contributed by atoms with Crippen LogP contribution in [0.15, 0.2) is 24.3 Å². The maximum Gasteiger partial charge on any atom is 0.0928 e. The van der Waals surface area contributed by atoms with Gasteiger partial charge in [-0.3, -0.25) is 4.90 Å². The summed E-state index contributed by atoms with van der Waals surface area (Å²) in [6, 6.07) is 8.06. The van der Waals surface area contributed by atoms with Gasteiger partial charge in [0.05, 0.1) is 18.8 Å². The van der Waals surface area contributed by atoms with Crippen molar-refractivity contribution in [2.75, 3.05) is 32.8 Å². The molecule has 0 saturated carbocycles. The van der Waals surface area contributed by atoms with Crippen molar-refractivity contribution in [3.8, 4) is 0 Å². The first-order valence-corrected chi connectivity index (χ1v) is 8.10. The van der Waals surface area contributed by atoms with Crippen molar-refractivity contribution in [3.63, 3.8) is 0 Å². The molecule has 3 rings (SSSR count). The van der Waals surface area contributed by atoms with E-state index in [2.05, 4.69) is 10.2 Å². The highest BCUT2D eigenvalue weighted by Crippen LogP contribution is 2.23. The van der Waals surface area contributed by atoms with Gasteiger partial charge in [0, 0.05) is 36.3 Å². The average Bonchev–Trinajstić information content (AvgIpc) is 2.95. The summed E-state index contributed by atoms with van der Waals surface area (Å²) in [5.74, 6) is 0. The first-order valence-electron chi connectivity index (χ1n) is 7.73. The molecule has 4 nitrogen and oxygen atoms in total. The molecule has 5 heteroatoms. The summed E-state index contributed by atoms with van der Waals surface area (Å²) < 4.78 is 5.89. The third kappa shape index (κ3) is 3.76. The van der Waals surface area contributed by atoms with Gasteiger partial charge in [0.1, 0.15) is 0 Å². The van der Waals surface area contributed by atoms with Crippen LogP contribution in [-0.4, -0.2) is 54.9 Å². The Balaban J connectivity index is 1.43. The van der Waals surface area contributed by atoms with E-state index >= 15 is 0 Å². The molecule has 0 aromatic heterocycles. The predicted octanol–water partition coefficient (Wildman–Crippen LogP) is 1.83. The van der Waals surface area contributed by atoms with Crippen molar-refractivity contribution in [2.24, 2.45) is 0 Å². The summed E-state index contributed by atoms with van der Waals surface area (Å²) in [4.78, 5) is 2.53. The van der Waals surface area contributed by atoms with Gasteiger partial charge in [0.25, 0.3) is 0 Å². The second kappa shape index (κ2) is 7.07. The second-order valence-electron chi connectivity index (χ2n) is 5.94. The highest BCUT2D eigenvalue weighted by atomic mass is 35.5. The minimum absolute atomic E-state index is 0.220. The SMILES string of the molecule is OC(CNCC1CN2CCCC2CO1)c1ccccc1Cl. The van der Waals surface area contributed by atoms with Crippen molar-refractivity contribution in [1.29, 1.82) is 0 Å². The summed E-state index contributed by atoms with van der Waals surface area (Å²) in [6.07, 6.45) is 2.20. The number of nitrogens with zero attached hydrogens (tertiary/aromatic N) is 1. The van der Waals surface area contributed by atoms with Gasteiger partial charge in [0.15, 0.2) is 0 Å². The predicted molar refractivity (Wildman–Crippen MR) is 83.6 cm³/mol. The third-order valence-corrected chi connectivity index (χ3v) is 4.78. The number of hydrogen-bond acceptors (Lipinski definition) is 4. The lowest BCUT2D eigenvalue weighted by Gasteiger charge is -2.35. The van der Waals surface area contributed by atoms with Gasteiger partial charge in [-0.15, -0.1) is 0 Å². The summed E-state index contributed by atoms with van der Waals surface area (Å²) in [7, 11) is 0. The zero-order valence-corrected chi connectivity index (χ0v) is 12.9. The number of aliphatic hydroxyl groups is 1. The Labute approximate surface area is 131 Å². The normalized spacial score (nSPS) is 27.5. The van der Waals surface area contributed by atoms with Gasteiger partial charge in [0.2, 0.25) is 0 Å². The molecule has 0 aliphatic carbocycles. The van der Waals surface area contributed by atoms with Crippen LogP contribution in [0.25, 0.3) is 0 Å². The Morgan fingerprint density at radius 1 is 1.43 bits per heavy atom. The van der Waals surface area contributed by atoms with Gasteiger partial charge < -0.3 is 15.2 Å². The molecule has 3 atom stereocenters. The monoisotopic (exact) mass is 310 g/mol. The van der Waals surface area contributed by atoms with E-state index in [1.165, 1.54) is 19.4 Å². The molecule has 3 unspecified atom stereocenters. The lowest BCUT2D eigenvalue weighted by Crippen LogP contribution is -2.49. The topological polar surface area (TPSA) is 44.7 Å². The maximum absolute atomic E-state index is 10.2. The molecule has 0 bridgehead atoms. The number of nitrogens with one attached hydrogen (secondary N) is 1. The first kappa shape index (κ1) is 15.3. The smallest absolute Gasteiger partial charge is 0.0928 e. The van der Waals surface area contributed by atoms with Crippen LogP contribution in [0.1, 0.15) is 24.5 Å². The van der Waals surface area contributed by atoms with E-state index in [9.17, 15) is 5.11 Å². The standard InChI is InChI=1S/C16H23ClN2O2/c17-15-6-2-1-5-14(15)16(20)9-18-8-13-10-19-7-3-4-12(19)11-21-13/h1-2,5-6,12-13,16,18,20H,3-4,7-11H2. The van der Waals surface area contributed by atoms with Crippen LogP contribution in [0.4, 0.5) is 0 Å². The second-order valence-corrected chi connectivity index (χ2v) is 6.35. The zero-order valence-electron chi connectivity index (χ0n) is 12.2. The van der Waals surface area contributed by atoms with E-state index in [-0.39, 0.29) is 6.10 Å². The highest BCUT2D eigenvalue weighted by molar-refractivity contribution is 6.31. The summed E-state index contributed by atoms with van der Waals surface area (Å²) >= 11 is 6.09. The molecule has 21 heavy (non-hydrogen) atoms. The molecule has 2 aliphatic rings. The van der Waals surface area contributed by atoms with E-state index in [0.29, 0.717) is 17.6 Å². The van der Waals surface area contributed by atoms with Gasteiger partial charge in [-0.25, -0.2) is 0 Å². The molecular formula is C16H23ClN2O2. The molecule has 0 radical (unpaired) electrons. The Hall–Kier alpha value is -0.650. The average molecular weight is 311 g/mol. The fourth-order valence-corrected chi connectivity index (χ4v) is 3.51. The molecular weight excluding hydrogens is 288 g/mol. The molecule has 0 spiro atoms. The molecule has 2 N–H and O–H groups in total. The summed E-state index contributed by atoms with van der Waals surface area (Å²) in [5, 5.41) is 14.1. The molecule has 1 aromatic carbocycles. The van der Waals surface area contributed by atoms with Crippen LogP contribution in [0.2, 0.25) is 5.02 Å². The Kier molecular flexibility index (Phi) is 5.14. The molecule has 2 saturated heterocycles. The number of rotatable bonds is 5. The number of aliphatic hydroxyl groups excluding tert-OH is 1. The molecule has 0 amide bonds. The number of halogens is 1. The number of fused-ring (bicyclic) bond motifs is 1. The van der Waals surface area contributed by atoms with Crippen LogP contribution < -0.4 is 5.32 Å². The van der Waals surface area contributed by atoms with E-state index in [4.69, 9.17) is 16.3 Å².